The smallest absolute Gasteiger partial charge is 0.222 e. The predicted octanol–water partition coefficient (Wildman–Crippen LogP) is 3.06. The molecule has 29 heavy (non-hydrogen) atoms. The van der Waals surface area contributed by atoms with E-state index < -0.39 is 0 Å². The molecule has 1 aliphatic carbocycles. The lowest BCUT2D eigenvalue weighted by atomic mass is 9.97. The van der Waals surface area contributed by atoms with Crippen LogP contribution in [-0.2, 0) is 16.0 Å². The van der Waals surface area contributed by atoms with E-state index in [1.54, 1.807) is 13.1 Å². The maximum atomic E-state index is 13.0. The minimum absolute atomic E-state index is 0.0813. The van der Waals surface area contributed by atoms with Gasteiger partial charge in [-0.05, 0) is 54.9 Å². The number of hydrogen-bond donors (Lipinski definition) is 0. The molecule has 2 aliphatic rings. The molecule has 2 fully saturated rings. The first kappa shape index (κ1) is 19.8. The molecule has 2 aromatic heterocycles. The van der Waals surface area contributed by atoms with Crippen LogP contribution in [0.4, 0.5) is 0 Å². The topological polar surface area (TPSA) is 66.4 Å². The first-order chi connectivity index (χ1) is 14.1. The summed E-state index contributed by atoms with van der Waals surface area (Å²) in [6.07, 6.45) is 9.91. The first-order valence-electron chi connectivity index (χ1n) is 10.8. The predicted molar refractivity (Wildman–Crippen MR) is 112 cm³/mol. The summed E-state index contributed by atoms with van der Waals surface area (Å²) in [5, 5.41) is 0. The number of fused-ring (bicyclic) bond motifs is 1. The van der Waals surface area contributed by atoms with Crippen molar-refractivity contribution in [2.45, 2.75) is 45.4 Å². The van der Waals surface area contributed by atoms with E-state index in [0.29, 0.717) is 38.5 Å². The van der Waals surface area contributed by atoms with Crippen LogP contribution >= 0.6 is 0 Å². The second-order valence-corrected chi connectivity index (χ2v) is 8.57. The van der Waals surface area contributed by atoms with Crippen LogP contribution in [0.25, 0.3) is 11.0 Å². The zero-order valence-electron chi connectivity index (χ0n) is 17.2. The summed E-state index contributed by atoms with van der Waals surface area (Å²) in [5.74, 6) is 1.07. The van der Waals surface area contributed by atoms with Crippen LogP contribution in [-0.4, -0.2) is 57.8 Å². The fourth-order valence-corrected chi connectivity index (χ4v) is 4.85. The van der Waals surface area contributed by atoms with Gasteiger partial charge >= 0.3 is 0 Å². The average Bonchev–Trinajstić information content (AvgIpc) is 3.13. The quantitative estimate of drug-likeness (QED) is 0.799. The molecular weight excluding hydrogens is 364 g/mol. The van der Waals surface area contributed by atoms with Crippen molar-refractivity contribution in [1.29, 1.82) is 0 Å². The summed E-state index contributed by atoms with van der Waals surface area (Å²) in [4.78, 5) is 37.9. The fraction of sp³-hybridized carbons (Fsp3) is 0.565. The standard InChI is InChI=1S/C23H30N4O2/c1-17(28)26-11-12-27(22(29)14-18-5-2-3-6-18)16-19(15-26)13-20-8-10-24-21-7-4-9-25-23(20)21/h4,7-10,18-19H,2-3,5-6,11-16H2,1H3/t19-/m0/s1. The van der Waals surface area contributed by atoms with Crippen molar-refractivity contribution in [3.8, 4) is 0 Å². The first-order valence-corrected chi connectivity index (χ1v) is 10.8. The number of pyridine rings is 2. The number of rotatable bonds is 4. The zero-order chi connectivity index (χ0) is 20.2. The summed E-state index contributed by atoms with van der Waals surface area (Å²) in [5.41, 5.74) is 2.93. The van der Waals surface area contributed by atoms with Crippen molar-refractivity contribution in [2.75, 3.05) is 26.2 Å². The molecule has 1 aliphatic heterocycles. The van der Waals surface area contributed by atoms with Crippen LogP contribution in [0.15, 0.2) is 30.6 Å². The highest BCUT2D eigenvalue weighted by Gasteiger charge is 2.29. The minimum Gasteiger partial charge on any atom is -0.341 e. The Morgan fingerprint density at radius 3 is 2.55 bits per heavy atom. The van der Waals surface area contributed by atoms with Gasteiger partial charge in [-0.15, -0.1) is 0 Å². The molecule has 1 saturated heterocycles. The van der Waals surface area contributed by atoms with Gasteiger partial charge in [0.25, 0.3) is 0 Å². The van der Waals surface area contributed by atoms with E-state index >= 15 is 0 Å². The molecule has 0 spiro atoms. The number of carbonyl (C=O) groups excluding carboxylic acids is 2. The van der Waals surface area contributed by atoms with Gasteiger partial charge in [-0.25, -0.2) is 0 Å². The summed E-state index contributed by atoms with van der Waals surface area (Å²) < 4.78 is 0. The van der Waals surface area contributed by atoms with Gasteiger partial charge in [0.05, 0.1) is 11.0 Å². The molecule has 0 radical (unpaired) electrons. The molecule has 0 aromatic carbocycles. The molecule has 3 heterocycles. The van der Waals surface area contributed by atoms with E-state index in [0.717, 1.165) is 23.0 Å². The van der Waals surface area contributed by atoms with Gasteiger partial charge in [-0.2, -0.15) is 0 Å². The van der Waals surface area contributed by atoms with E-state index in [9.17, 15) is 9.59 Å². The second-order valence-electron chi connectivity index (χ2n) is 8.57. The third-order valence-corrected chi connectivity index (χ3v) is 6.42. The van der Waals surface area contributed by atoms with Gasteiger partial charge in [-0.3, -0.25) is 19.6 Å². The second kappa shape index (κ2) is 8.89. The molecule has 4 rings (SSSR count). The molecule has 1 atom stereocenters. The van der Waals surface area contributed by atoms with Crippen LogP contribution in [0, 0.1) is 11.8 Å². The molecule has 0 N–H and O–H groups in total. The fourth-order valence-electron chi connectivity index (χ4n) is 4.85. The van der Waals surface area contributed by atoms with Gasteiger partial charge in [-0.1, -0.05) is 12.8 Å². The number of nitrogens with zero attached hydrogens (tertiary/aromatic N) is 4. The summed E-state index contributed by atoms with van der Waals surface area (Å²) in [7, 11) is 0. The van der Waals surface area contributed by atoms with Crippen molar-refractivity contribution >= 4 is 22.8 Å². The molecule has 6 heteroatoms. The van der Waals surface area contributed by atoms with Gasteiger partial charge in [0, 0.05) is 51.9 Å². The summed E-state index contributed by atoms with van der Waals surface area (Å²) in [6, 6.07) is 5.88. The minimum atomic E-state index is 0.0813. The molecule has 0 bridgehead atoms. The Labute approximate surface area is 172 Å². The van der Waals surface area contributed by atoms with Gasteiger partial charge < -0.3 is 9.80 Å². The summed E-state index contributed by atoms with van der Waals surface area (Å²) in [6.45, 7) is 4.26. The maximum Gasteiger partial charge on any atom is 0.222 e. The largest absolute Gasteiger partial charge is 0.341 e. The zero-order valence-corrected chi connectivity index (χ0v) is 17.2. The maximum absolute atomic E-state index is 13.0. The Bertz CT molecular complexity index is 873. The lowest BCUT2D eigenvalue weighted by Crippen LogP contribution is -2.37. The third kappa shape index (κ3) is 4.74. The van der Waals surface area contributed by atoms with Gasteiger partial charge in [0.15, 0.2) is 0 Å². The van der Waals surface area contributed by atoms with Crippen LogP contribution in [0.3, 0.4) is 0 Å². The SMILES string of the molecule is CC(=O)N1CCN(C(=O)CC2CCCC2)C[C@@H](Cc2ccnc3cccnc23)C1. The number of hydrogen-bond acceptors (Lipinski definition) is 4. The van der Waals surface area contributed by atoms with E-state index in [1.165, 1.54) is 25.7 Å². The number of carbonyl (C=O) groups is 2. The highest BCUT2D eigenvalue weighted by molar-refractivity contribution is 5.78. The Morgan fingerprint density at radius 2 is 1.76 bits per heavy atom. The molecule has 1 saturated carbocycles. The van der Waals surface area contributed by atoms with E-state index in [1.807, 2.05) is 34.2 Å². The van der Waals surface area contributed by atoms with Gasteiger partial charge in [0.2, 0.25) is 11.8 Å². The van der Waals surface area contributed by atoms with Crippen molar-refractivity contribution in [3.63, 3.8) is 0 Å². The normalized spacial score (nSPS) is 20.8. The Balaban J connectivity index is 1.52. The Kier molecular flexibility index (Phi) is 6.07. The summed E-state index contributed by atoms with van der Waals surface area (Å²) >= 11 is 0. The van der Waals surface area contributed by atoms with Crippen LogP contribution in [0.1, 0.15) is 44.6 Å². The average molecular weight is 395 g/mol. The van der Waals surface area contributed by atoms with Crippen LogP contribution < -0.4 is 0 Å². The Morgan fingerprint density at radius 1 is 1.00 bits per heavy atom. The highest BCUT2D eigenvalue weighted by atomic mass is 16.2. The van der Waals surface area contributed by atoms with Crippen LogP contribution in [0.2, 0.25) is 0 Å². The van der Waals surface area contributed by atoms with E-state index in [4.69, 9.17) is 0 Å². The van der Waals surface area contributed by atoms with E-state index in [-0.39, 0.29) is 17.7 Å². The van der Waals surface area contributed by atoms with Gasteiger partial charge in [0.1, 0.15) is 0 Å². The van der Waals surface area contributed by atoms with Crippen molar-refractivity contribution in [1.82, 2.24) is 19.8 Å². The molecule has 0 unspecified atom stereocenters. The van der Waals surface area contributed by atoms with Crippen molar-refractivity contribution < 1.29 is 9.59 Å². The Hall–Kier alpha value is -2.50. The monoisotopic (exact) mass is 394 g/mol. The highest BCUT2D eigenvalue weighted by Crippen LogP contribution is 2.29. The molecule has 2 amide bonds. The van der Waals surface area contributed by atoms with Crippen LogP contribution in [0.5, 0.6) is 0 Å². The lowest BCUT2D eigenvalue weighted by Gasteiger charge is -2.25. The number of aromatic nitrogens is 2. The van der Waals surface area contributed by atoms with Crippen molar-refractivity contribution in [2.24, 2.45) is 11.8 Å². The number of amides is 2. The third-order valence-electron chi connectivity index (χ3n) is 6.42. The lowest BCUT2D eigenvalue weighted by molar-refractivity contribution is -0.133. The molecule has 154 valence electrons. The molecular formula is C23H30N4O2. The van der Waals surface area contributed by atoms with Crippen molar-refractivity contribution in [3.05, 3.63) is 36.2 Å². The molecule has 6 nitrogen and oxygen atoms in total. The van der Waals surface area contributed by atoms with E-state index in [2.05, 4.69) is 9.97 Å². The molecule has 2 aromatic rings.